The maximum Gasteiger partial charge on any atom is 0.261 e. The van der Waals surface area contributed by atoms with E-state index in [1.807, 2.05) is 0 Å². The van der Waals surface area contributed by atoms with Crippen molar-refractivity contribution in [3.05, 3.63) is 48.0 Å². The zero-order valence-corrected chi connectivity index (χ0v) is 17.4. The standard InChI is InChI=1S/C17H17ClN2O6S2/c1-19(27(2,22)23)14-6-4-3-5-13(14)17(21)20-9-10-26-16-11-12(28(18,24)25)7-8-15(16)20/h3-8,11H,9-10H2,1-2H3. The third-order valence-electron chi connectivity index (χ3n) is 4.29. The fraction of sp³-hybridized carbons (Fsp3) is 0.235. The van der Waals surface area contributed by atoms with E-state index < -0.39 is 25.0 Å². The Morgan fingerprint density at radius 1 is 1.14 bits per heavy atom. The monoisotopic (exact) mass is 444 g/mol. The number of hydrogen-bond donors (Lipinski definition) is 0. The summed E-state index contributed by atoms with van der Waals surface area (Å²) in [5.41, 5.74) is 0.803. The highest BCUT2D eigenvalue weighted by atomic mass is 35.7. The van der Waals surface area contributed by atoms with Crippen LogP contribution in [0.25, 0.3) is 0 Å². The Hall–Kier alpha value is -2.30. The van der Waals surface area contributed by atoms with E-state index >= 15 is 0 Å². The van der Waals surface area contributed by atoms with Crippen molar-refractivity contribution in [2.75, 3.05) is 35.7 Å². The second-order valence-corrected chi connectivity index (χ2v) is 10.7. The molecule has 150 valence electrons. The maximum absolute atomic E-state index is 13.2. The van der Waals surface area contributed by atoms with Gasteiger partial charge >= 0.3 is 0 Å². The van der Waals surface area contributed by atoms with Gasteiger partial charge in [-0.1, -0.05) is 12.1 Å². The molecular weight excluding hydrogens is 428 g/mol. The van der Waals surface area contributed by atoms with E-state index in [0.717, 1.165) is 10.6 Å². The third kappa shape index (κ3) is 3.94. The highest BCUT2D eigenvalue weighted by Gasteiger charge is 2.29. The summed E-state index contributed by atoms with van der Waals surface area (Å²) in [7, 11) is -0.778. The smallest absolute Gasteiger partial charge is 0.261 e. The van der Waals surface area contributed by atoms with E-state index in [9.17, 15) is 21.6 Å². The molecule has 0 atom stereocenters. The first-order valence-corrected chi connectivity index (χ1v) is 12.2. The molecule has 11 heteroatoms. The van der Waals surface area contributed by atoms with Crippen molar-refractivity contribution in [2.24, 2.45) is 0 Å². The van der Waals surface area contributed by atoms with Gasteiger partial charge in [0.1, 0.15) is 12.4 Å². The van der Waals surface area contributed by atoms with Gasteiger partial charge in [0.15, 0.2) is 0 Å². The van der Waals surface area contributed by atoms with Gasteiger partial charge in [-0.15, -0.1) is 0 Å². The molecule has 8 nitrogen and oxygen atoms in total. The van der Waals surface area contributed by atoms with Gasteiger partial charge in [-0.05, 0) is 24.3 Å². The summed E-state index contributed by atoms with van der Waals surface area (Å²) in [5.74, 6) is -0.229. The minimum absolute atomic E-state index is 0.139. The Bertz CT molecular complexity index is 1150. The molecule has 1 heterocycles. The Labute approximate surface area is 167 Å². The average molecular weight is 445 g/mol. The first kappa shape index (κ1) is 20.4. The molecule has 0 aliphatic carbocycles. The first-order chi connectivity index (χ1) is 13.0. The van der Waals surface area contributed by atoms with Crippen LogP contribution in [0.15, 0.2) is 47.4 Å². The van der Waals surface area contributed by atoms with Crippen molar-refractivity contribution >= 4 is 47.0 Å². The molecule has 0 bridgehead atoms. The largest absolute Gasteiger partial charge is 0.489 e. The lowest BCUT2D eigenvalue weighted by Gasteiger charge is -2.31. The molecule has 1 aliphatic heterocycles. The predicted octanol–water partition coefficient (Wildman–Crippen LogP) is 2.05. The van der Waals surface area contributed by atoms with Crippen molar-refractivity contribution < 1.29 is 26.4 Å². The second-order valence-electron chi connectivity index (χ2n) is 6.12. The summed E-state index contributed by atoms with van der Waals surface area (Å²) >= 11 is 0. The molecule has 0 saturated heterocycles. The van der Waals surface area contributed by atoms with E-state index in [0.29, 0.717) is 5.69 Å². The molecule has 1 amide bonds. The summed E-state index contributed by atoms with van der Waals surface area (Å²) in [5, 5.41) is 0. The van der Waals surface area contributed by atoms with Crippen LogP contribution in [0.1, 0.15) is 10.4 Å². The van der Waals surface area contributed by atoms with Crippen LogP contribution in [-0.4, -0.2) is 49.2 Å². The summed E-state index contributed by atoms with van der Waals surface area (Å²) in [6, 6.07) is 10.3. The second kappa shape index (κ2) is 7.26. The van der Waals surface area contributed by atoms with Crippen LogP contribution < -0.4 is 13.9 Å². The molecule has 0 saturated carbocycles. The molecule has 0 fully saturated rings. The van der Waals surface area contributed by atoms with Crippen LogP contribution in [0.4, 0.5) is 11.4 Å². The highest BCUT2D eigenvalue weighted by Crippen LogP contribution is 2.36. The first-order valence-electron chi connectivity index (χ1n) is 8.06. The Morgan fingerprint density at radius 3 is 2.46 bits per heavy atom. The van der Waals surface area contributed by atoms with Crippen LogP contribution >= 0.6 is 10.7 Å². The SMILES string of the molecule is CN(c1ccccc1C(=O)N1CCOc2cc(S(=O)(=O)Cl)ccc21)S(C)(=O)=O. The van der Waals surface area contributed by atoms with Crippen molar-refractivity contribution in [1.82, 2.24) is 0 Å². The number of hydrogen-bond acceptors (Lipinski definition) is 6. The van der Waals surface area contributed by atoms with Gasteiger partial charge < -0.3 is 9.64 Å². The quantitative estimate of drug-likeness (QED) is 0.669. The number of ether oxygens (including phenoxy) is 1. The van der Waals surface area contributed by atoms with Gasteiger partial charge in [-0.3, -0.25) is 9.10 Å². The van der Waals surface area contributed by atoms with Gasteiger partial charge in [-0.25, -0.2) is 16.8 Å². The number of carbonyl (C=O) groups is 1. The number of nitrogens with zero attached hydrogens (tertiary/aromatic N) is 2. The van der Waals surface area contributed by atoms with Crippen molar-refractivity contribution in [1.29, 1.82) is 0 Å². The number of benzene rings is 2. The Kier molecular flexibility index (Phi) is 5.30. The van der Waals surface area contributed by atoms with E-state index in [1.165, 1.54) is 36.2 Å². The Balaban J connectivity index is 2.05. The number of halogens is 1. The van der Waals surface area contributed by atoms with Crippen LogP contribution in [0.5, 0.6) is 5.75 Å². The minimum Gasteiger partial charge on any atom is -0.489 e. The molecule has 0 spiro atoms. The number of para-hydroxylation sites is 1. The van der Waals surface area contributed by atoms with Crippen LogP contribution in [0.2, 0.25) is 0 Å². The van der Waals surface area contributed by atoms with Crippen LogP contribution in [0, 0.1) is 0 Å². The molecular formula is C17H17ClN2O6S2. The maximum atomic E-state index is 13.2. The summed E-state index contributed by atoms with van der Waals surface area (Å²) in [6.07, 6.45) is 1.05. The number of sulfonamides is 1. The molecule has 0 aromatic heterocycles. The Morgan fingerprint density at radius 2 is 1.82 bits per heavy atom. The van der Waals surface area contributed by atoms with Gasteiger partial charge in [0.2, 0.25) is 10.0 Å². The number of fused-ring (bicyclic) bond motifs is 1. The van der Waals surface area contributed by atoms with Gasteiger partial charge in [-0.2, -0.15) is 0 Å². The van der Waals surface area contributed by atoms with Crippen molar-refractivity contribution in [2.45, 2.75) is 4.90 Å². The predicted molar refractivity (Wildman–Crippen MR) is 106 cm³/mol. The van der Waals surface area contributed by atoms with Gasteiger partial charge in [0.25, 0.3) is 15.0 Å². The van der Waals surface area contributed by atoms with E-state index in [2.05, 4.69) is 0 Å². The zero-order valence-electron chi connectivity index (χ0n) is 15.0. The lowest BCUT2D eigenvalue weighted by Crippen LogP contribution is -2.39. The fourth-order valence-corrected chi connectivity index (χ4v) is 4.10. The average Bonchev–Trinajstić information content (AvgIpc) is 2.64. The summed E-state index contributed by atoms with van der Waals surface area (Å²) in [6.45, 7) is 0.365. The molecule has 3 rings (SSSR count). The summed E-state index contributed by atoms with van der Waals surface area (Å²) < 4.78 is 53.4. The highest BCUT2D eigenvalue weighted by molar-refractivity contribution is 8.13. The van der Waals surface area contributed by atoms with E-state index in [-0.39, 0.29) is 35.0 Å². The molecule has 0 unspecified atom stereocenters. The molecule has 0 radical (unpaired) electrons. The molecule has 1 aliphatic rings. The molecule has 28 heavy (non-hydrogen) atoms. The van der Waals surface area contributed by atoms with Crippen LogP contribution in [-0.2, 0) is 19.1 Å². The molecule has 2 aromatic rings. The van der Waals surface area contributed by atoms with Crippen LogP contribution in [0.3, 0.4) is 0 Å². The topological polar surface area (TPSA) is 101 Å². The minimum atomic E-state index is -3.95. The number of rotatable bonds is 4. The third-order valence-corrected chi connectivity index (χ3v) is 6.84. The van der Waals surface area contributed by atoms with Crippen molar-refractivity contribution in [3.63, 3.8) is 0 Å². The van der Waals surface area contributed by atoms with Gasteiger partial charge in [0.05, 0.1) is 34.6 Å². The molecule has 2 aromatic carbocycles. The number of anilines is 2. The molecule has 0 N–H and O–H groups in total. The fourth-order valence-electron chi connectivity index (χ4n) is 2.82. The normalized spacial score (nSPS) is 14.2. The van der Waals surface area contributed by atoms with E-state index in [4.69, 9.17) is 15.4 Å². The lowest BCUT2D eigenvalue weighted by molar-refractivity contribution is 0.0977. The lowest BCUT2D eigenvalue weighted by atomic mass is 10.1. The van der Waals surface area contributed by atoms with Gasteiger partial charge in [0, 0.05) is 23.8 Å². The number of carbonyl (C=O) groups excluding carboxylic acids is 1. The zero-order chi connectivity index (χ0) is 20.7. The van der Waals surface area contributed by atoms with E-state index in [1.54, 1.807) is 18.2 Å². The van der Waals surface area contributed by atoms with Crippen molar-refractivity contribution in [3.8, 4) is 5.75 Å². The summed E-state index contributed by atoms with van der Waals surface area (Å²) in [4.78, 5) is 14.5. The number of amides is 1.